The van der Waals surface area contributed by atoms with Crippen molar-refractivity contribution in [2.24, 2.45) is 0 Å². The minimum Gasteiger partial charge on any atom is -0.496 e. The van der Waals surface area contributed by atoms with Gasteiger partial charge in [0.05, 0.1) is 25.0 Å². The van der Waals surface area contributed by atoms with Gasteiger partial charge in [-0.05, 0) is 56.2 Å². The number of nitrogens with one attached hydrogen (secondary N) is 1. The minimum absolute atomic E-state index is 0.208. The molecule has 6 nitrogen and oxygen atoms in total. The predicted octanol–water partition coefficient (Wildman–Crippen LogP) is 5.11. The van der Waals surface area contributed by atoms with Crippen LogP contribution in [-0.2, 0) is 9.59 Å². The number of aryl methyl sites for hydroxylation is 1. The molecule has 3 aromatic carbocycles. The Balaban J connectivity index is 1.86. The lowest BCUT2D eigenvalue weighted by Gasteiger charge is -2.17. The first-order valence-corrected chi connectivity index (χ1v) is 10.8. The lowest BCUT2D eigenvalue weighted by molar-refractivity contribution is -0.120. The van der Waals surface area contributed by atoms with E-state index in [0.717, 1.165) is 16.8 Å². The van der Waals surface area contributed by atoms with Crippen molar-refractivity contribution in [3.8, 4) is 11.5 Å². The number of ether oxygens (including phenoxy) is 2. The molecule has 1 N–H and O–H groups in total. The molecule has 4 rings (SSSR count). The van der Waals surface area contributed by atoms with E-state index >= 15 is 0 Å². The van der Waals surface area contributed by atoms with E-state index in [2.05, 4.69) is 5.32 Å². The van der Waals surface area contributed by atoms with Gasteiger partial charge in [-0.1, -0.05) is 36.4 Å². The van der Waals surface area contributed by atoms with Crippen molar-refractivity contribution in [1.29, 1.82) is 0 Å². The summed E-state index contributed by atoms with van der Waals surface area (Å²) in [5.74, 6) is 0.241. The summed E-state index contributed by atoms with van der Waals surface area (Å²) in [5, 5.41) is 3.25. The highest BCUT2D eigenvalue weighted by molar-refractivity contribution is 6.46. The molecule has 0 atom stereocenters. The van der Waals surface area contributed by atoms with Crippen LogP contribution < -0.4 is 19.7 Å². The summed E-state index contributed by atoms with van der Waals surface area (Å²) in [5.41, 5.74) is 4.32. The molecule has 1 aliphatic rings. The minimum atomic E-state index is -0.435. The topological polar surface area (TPSA) is 67.9 Å². The van der Waals surface area contributed by atoms with Crippen LogP contribution in [0.25, 0.3) is 5.57 Å². The lowest BCUT2D eigenvalue weighted by atomic mass is 10.0. The lowest BCUT2D eigenvalue weighted by Crippen LogP contribution is -2.32. The Labute approximate surface area is 193 Å². The van der Waals surface area contributed by atoms with Gasteiger partial charge in [0.15, 0.2) is 0 Å². The largest absolute Gasteiger partial charge is 0.496 e. The molecule has 168 valence electrons. The van der Waals surface area contributed by atoms with E-state index in [1.54, 1.807) is 43.5 Å². The number of anilines is 2. The fourth-order valence-corrected chi connectivity index (χ4v) is 3.88. The smallest absolute Gasteiger partial charge is 0.282 e. The highest BCUT2D eigenvalue weighted by atomic mass is 16.5. The van der Waals surface area contributed by atoms with Gasteiger partial charge < -0.3 is 14.8 Å². The van der Waals surface area contributed by atoms with Gasteiger partial charge in [-0.2, -0.15) is 0 Å². The second-order valence-corrected chi connectivity index (χ2v) is 7.70. The van der Waals surface area contributed by atoms with Gasteiger partial charge in [0.1, 0.15) is 17.2 Å². The summed E-state index contributed by atoms with van der Waals surface area (Å²) in [6, 6.07) is 20.0. The standard InChI is InChI=1S/C27H26N2O4/c1-5-33-20-12-9-11-19(16-20)29-26(30)24(21-13-6-7-15-23(21)32-4)25(27(29)31)28-22-14-8-10-17(2)18(22)3/h6-16,28H,5H2,1-4H3. The number of amides is 2. The van der Waals surface area contributed by atoms with E-state index in [0.29, 0.717) is 29.4 Å². The van der Waals surface area contributed by atoms with Gasteiger partial charge in [0.2, 0.25) is 0 Å². The molecule has 0 aliphatic carbocycles. The zero-order chi connectivity index (χ0) is 23.5. The average Bonchev–Trinajstić information content (AvgIpc) is 3.06. The Morgan fingerprint density at radius 2 is 1.67 bits per heavy atom. The van der Waals surface area contributed by atoms with Gasteiger partial charge in [-0.25, -0.2) is 4.90 Å². The van der Waals surface area contributed by atoms with Crippen LogP contribution in [0.15, 0.2) is 72.4 Å². The van der Waals surface area contributed by atoms with Crippen LogP contribution in [0.5, 0.6) is 11.5 Å². The second-order valence-electron chi connectivity index (χ2n) is 7.70. The van der Waals surface area contributed by atoms with Crippen molar-refractivity contribution < 1.29 is 19.1 Å². The van der Waals surface area contributed by atoms with Crippen molar-refractivity contribution in [3.05, 3.63) is 89.1 Å². The fraction of sp³-hybridized carbons (Fsp3) is 0.185. The van der Waals surface area contributed by atoms with Crippen LogP contribution in [0, 0.1) is 13.8 Å². The molecule has 0 spiro atoms. The molecular weight excluding hydrogens is 416 g/mol. The SMILES string of the molecule is CCOc1cccc(N2C(=O)C(Nc3cccc(C)c3C)=C(c3ccccc3OC)C2=O)c1. The van der Waals surface area contributed by atoms with Crippen LogP contribution in [0.2, 0.25) is 0 Å². The average molecular weight is 443 g/mol. The summed E-state index contributed by atoms with van der Waals surface area (Å²) in [7, 11) is 1.54. The van der Waals surface area contributed by atoms with Crippen molar-refractivity contribution in [2.45, 2.75) is 20.8 Å². The molecule has 6 heteroatoms. The summed E-state index contributed by atoms with van der Waals surface area (Å²) < 4.78 is 11.1. The van der Waals surface area contributed by atoms with Crippen LogP contribution >= 0.6 is 0 Å². The molecule has 1 heterocycles. The molecule has 0 aromatic heterocycles. The second kappa shape index (κ2) is 9.20. The van der Waals surface area contributed by atoms with E-state index in [4.69, 9.17) is 9.47 Å². The maximum absolute atomic E-state index is 13.7. The first-order chi connectivity index (χ1) is 16.0. The number of hydrogen-bond donors (Lipinski definition) is 1. The third-order valence-corrected chi connectivity index (χ3v) is 5.71. The number of carbonyl (C=O) groups excluding carboxylic acids is 2. The molecule has 0 fully saturated rings. The summed E-state index contributed by atoms with van der Waals surface area (Å²) in [6.07, 6.45) is 0. The first kappa shape index (κ1) is 22.1. The Morgan fingerprint density at radius 3 is 2.42 bits per heavy atom. The Hall–Kier alpha value is -4.06. The molecule has 33 heavy (non-hydrogen) atoms. The quantitative estimate of drug-likeness (QED) is 0.515. The molecule has 0 unspecified atom stereocenters. The Bertz CT molecular complexity index is 1260. The third-order valence-electron chi connectivity index (χ3n) is 5.71. The van der Waals surface area contributed by atoms with Gasteiger partial charge in [-0.3, -0.25) is 9.59 Å². The van der Waals surface area contributed by atoms with Gasteiger partial charge >= 0.3 is 0 Å². The maximum Gasteiger partial charge on any atom is 0.282 e. The number of hydrogen-bond acceptors (Lipinski definition) is 5. The third kappa shape index (κ3) is 4.07. The maximum atomic E-state index is 13.7. The molecule has 0 saturated carbocycles. The molecule has 0 bridgehead atoms. The van der Waals surface area contributed by atoms with Crippen LogP contribution in [0.3, 0.4) is 0 Å². The number of carbonyl (C=O) groups is 2. The van der Waals surface area contributed by atoms with E-state index in [1.165, 1.54) is 4.90 Å². The number of rotatable bonds is 7. The molecule has 1 aliphatic heterocycles. The monoisotopic (exact) mass is 442 g/mol. The van der Waals surface area contributed by atoms with Crippen molar-refractivity contribution >= 4 is 28.8 Å². The van der Waals surface area contributed by atoms with Crippen LogP contribution in [0.1, 0.15) is 23.6 Å². The van der Waals surface area contributed by atoms with Gasteiger partial charge in [-0.15, -0.1) is 0 Å². The fourth-order valence-electron chi connectivity index (χ4n) is 3.88. The highest BCUT2D eigenvalue weighted by Gasteiger charge is 2.41. The zero-order valence-electron chi connectivity index (χ0n) is 19.1. The molecular formula is C27H26N2O4. The van der Waals surface area contributed by atoms with Crippen LogP contribution in [-0.4, -0.2) is 25.5 Å². The highest BCUT2D eigenvalue weighted by Crippen LogP contribution is 2.38. The van der Waals surface area contributed by atoms with Crippen molar-refractivity contribution in [2.75, 3.05) is 23.9 Å². The summed E-state index contributed by atoms with van der Waals surface area (Å²) in [6.45, 7) is 6.34. The Morgan fingerprint density at radius 1 is 0.909 bits per heavy atom. The molecule has 2 amide bonds. The number of methoxy groups -OCH3 is 1. The number of nitrogens with zero attached hydrogens (tertiary/aromatic N) is 1. The zero-order valence-corrected chi connectivity index (χ0v) is 19.1. The van der Waals surface area contributed by atoms with E-state index in [9.17, 15) is 9.59 Å². The first-order valence-electron chi connectivity index (χ1n) is 10.8. The van der Waals surface area contributed by atoms with Crippen LogP contribution in [0.4, 0.5) is 11.4 Å². The molecule has 0 saturated heterocycles. The van der Waals surface area contributed by atoms with Crippen molar-refractivity contribution in [3.63, 3.8) is 0 Å². The van der Waals surface area contributed by atoms with E-state index < -0.39 is 11.8 Å². The summed E-state index contributed by atoms with van der Waals surface area (Å²) >= 11 is 0. The van der Waals surface area contributed by atoms with E-state index in [-0.39, 0.29) is 11.3 Å². The predicted molar refractivity (Wildman–Crippen MR) is 130 cm³/mol. The van der Waals surface area contributed by atoms with E-state index in [1.807, 2.05) is 51.1 Å². The van der Waals surface area contributed by atoms with Gasteiger partial charge in [0.25, 0.3) is 11.8 Å². The normalized spacial score (nSPS) is 13.5. The molecule has 3 aromatic rings. The number of para-hydroxylation sites is 1. The van der Waals surface area contributed by atoms with Gasteiger partial charge in [0, 0.05) is 17.3 Å². The number of imide groups is 1. The number of benzene rings is 3. The molecule has 0 radical (unpaired) electrons. The van der Waals surface area contributed by atoms with Crippen molar-refractivity contribution in [1.82, 2.24) is 0 Å². The summed E-state index contributed by atoms with van der Waals surface area (Å²) in [4.78, 5) is 28.6. The Kier molecular flexibility index (Phi) is 6.18.